The largest absolute Gasteiger partial charge is 0.491 e. The van der Waals surface area contributed by atoms with E-state index in [9.17, 15) is 9.90 Å². The first kappa shape index (κ1) is 23.1. The molecule has 0 heterocycles. The highest BCUT2D eigenvalue weighted by Crippen LogP contribution is 2.35. The molecule has 168 valence electrons. The van der Waals surface area contributed by atoms with Gasteiger partial charge < -0.3 is 25.2 Å². The summed E-state index contributed by atoms with van der Waals surface area (Å²) in [5.74, 6) is -0.137. The van der Waals surface area contributed by atoms with Gasteiger partial charge in [0.1, 0.15) is 12.4 Å². The second-order valence-corrected chi connectivity index (χ2v) is 8.19. The summed E-state index contributed by atoms with van der Waals surface area (Å²) in [6, 6.07) is 12.3. The lowest BCUT2D eigenvalue weighted by molar-refractivity contribution is 0.0696. The van der Waals surface area contributed by atoms with Crippen molar-refractivity contribution in [3.8, 4) is 16.9 Å². The van der Waals surface area contributed by atoms with E-state index in [1.54, 1.807) is 13.2 Å². The van der Waals surface area contributed by atoms with E-state index in [1.165, 1.54) is 0 Å². The summed E-state index contributed by atoms with van der Waals surface area (Å²) in [7, 11) is 1.64. The maximum Gasteiger partial charge on any atom is 0.336 e. The molecule has 0 atom stereocenters. The fraction of sp³-hybridized carbons (Fsp3) is 0.480. The van der Waals surface area contributed by atoms with Gasteiger partial charge in [0.2, 0.25) is 0 Å². The van der Waals surface area contributed by atoms with Crippen molar-refractivity contribution >= 4 is 11.7 Å². The third-order valence-corrected chi connectivity index (χ3v) is 6.19. The Kier molecular flexibility index (Phi) is 7.93. The molecule has 0 saturated heterocycles. The number of rotatable bonds is 9. The van der Waals surface area contributed by atoms with Crippen molar-refractivity contribution in [1.29, 1.82) is 0 Å². The molecule has 0 aliphatic heterocycles. The summed E-state index contributed by atoms with van der Waals surface area (Å²) in [5, 5.41) is 9.86. The molecule has 6 heteroatoms. The van der Waals surface area contributed by atoms with E-state index < -0.39 is 5.97 Å². The first-order valence-electron chi connectivity index (χ1n) is 11.1. The van der Waals surface area contributed by atoms with Crippen LogP contribution in [0.5, 0.6) is 5.75 Å². The van der Waals surface area contributed by atoms with Gasteiger partial charge in [-0.3, -0.25) is 0 Å². The lowest BCUT2D eigenvalue weighted by atomic mass is 9.89. The molecule has 1 aliphatic rings. The predicted molar refractivity (Wildman–Crippen MR) is 124 cm³/mol. The van der Waals surface area contributed by atoms with Gasteiger partial charge in [0.05, 0.1) is 12.2 Å². The number of benzene rings is 2. The summed E-state index contributed by atoms with van der Waals surface area (Å²) >= 11 is 0. The fourth-order valence-electron chi connectivity index (χ4n) is 4.41. The Balaban J connectivity index is 1.94. The topological polar surface area (TPSA) is 85.0 Å². The summed E-state index contributed by atoms with van der Waals surface area (Å²) in [5.41, 5.74) is 10.1. The number of nitrogens with two attached hydrogens (primary N) is 1. The molecule has 1 saturated carbocycles. The van der Waals surface area contributed by atoms with Gasteiger partial charge in [-0.1, -0.05) is 12.1 Å². The molecule has 0 radical (unpaired) electrons. The highest BCUT2D eigenvalue weighted by Gasteiger charge is 2.26. The second kappa shape index (κ2) is 10.6. The third kappa shape index (κ3) is 5.57. The molecule has 3 N–H and O–H groups in total. The predicted octanol–water partition coefficient (Wildman–Crippen LogP) is 4.48. The van der Waals surface area contributed by atoms with Crippen LogP contribution >= 0.6 is 0 Å². The Morgan fingerprint density at radius 2 is 1.77 bits per heavy atom. The molecule has 31 heavy (non-hydrogen) atoms. The van der Waals surface area contributed by atoms with Crippen LogP contribution in [-0.2, 0) is 4.74 Å². The zero-order valence-electron chi connectivity index (χ0n) is 18.8. The van der Waals surface area contributed by atoms with Gasteiger partial charge >= 0.3 is 5.97 Å². The highest BCUT2D eigenvalue weighted by atomic mass is 16.5. The van der Waals surface area contributed by atoms with Crippen LogP contribution in [0.3, 0.4) is 0 Å². The van der Waals surface area contributed by atoms with Crippen molar-refractivity contribution in [2.45, 2.75) is 51.6 Å². The number of carboxylic acids is 1. The van der Waals surface area contributed by atoms with Crippen molar-refractivity contribution in [1.82, 2.24) is 0 Å². The number of methoxy groups -OCH3 is 1. The molecular weight excluding hydrogens is 392 g/mol. The number of anilines is 1. The smallest absolute Gasteiger partial charge is 0.336 e. The molecule has 3 rings (SSSR count). The van der Waals surface area contributed by atoms with Crippen LogP contribution in [0.25, 0.3) is 11.1 Å². The average Bonchev–Trinajstić information content (AvgIpc) is 2.77. The number of ether oxygens (including phenoxy) is 2. The zero-order chi connectivity index (χ0) is 22.4. The number of carboxylic acid groups (broad SMARTS) is 1. The quantitative estimate of drug-likeness (QED) is 0.575. The molecule has 0 unspecified atom stereocenters. The van der Waals surface area contributed by atoms with Crippen LogP contribution in [0.1, 0.15) is 48.5 Å². The minimum Gasteiger partial charge on any atom is -0.491 e. The van der Waals surface area contributed by atoms with E-state index in [2.05, 4.69) is 17.9 Å². The monoisotopic (exact) mass is 426 g/mol. The van der Waals surface area contributed by atoms with Crippen molar-refractivity contribution in [3.63, 3.8) is 0 Å². The molecule has 0 bridgehead atoms. The second-order valence-electron chi connectivity index (χ2n) is 8.19. The van der Waals surface area contributed by atoms with Crippen molar-refractivity contribution < 1.29 is 19.4 Å². The van der Waals surface area contributed by atoms with Crippen molar-refractivity contribution in [3.05, 3.63) is 47.5 Å². The molecular formula is C25H34N2O4. The van der Waals surface area contributed by atoms with E-state index in [0.717, 1.165) is 60.4 Å². The third-order valence-electron chi connectivity index (χ3n) is 6.19. The molecule has 0 aromatic heterocycles. The number of carbonyl (C=O) groups is 1. The van der Waals surface area contributed by atoms with Gasteiger partial charge in [-0.05, 0) is 80.5 Å². The van der Waals surface area contributed by atoms with Gasteiger partial charge in [-0.15, -0.1) is 0 Å². The number of nitrogens with zero attached hydrogens (tertiary/aromatic N) is 1. The Morgan fingerprint density at radius 1 is 1.10 bits per heavy atom. The van der Waals surface area contributed by atoms with Crippen LogP contribution < -0.4 is 15.4 Å². The molecule has 1 fully saturated rings. The minimum absolute atomic E-state index is 0.279. The van der Waals surface area contributed by atoms with Gasteiger partial charge in [0.15, 0.2) is 0 Å². The molecule has 6 nitrogen and oxygen atoms in total. The van der Waals surface area contributed by atoms with E-state index in [1.807, 2.05) is 31.2 Å². The average molecular weight is 427 g/mol. The van der Waals surface area contributed by atoms with Gasteiger partial charge in [0.25, 0.3) is 0 Å². The lowest BCUT2D eigenvalue weighted by Gasteiger charge is -2.38. The maximum atomic E-state index is 12.0. The molecule has 1 aliphatic carbocycles. The van der Waals surface area contributed by atoms with Crippen molar-refractivity contribution in [2.75, 3.05) is 31.8 Å². The Hall–Kier alpha value is -2.57. The van der Waals surface area contributed by atoms with Crippen LogP contribution in [0.4, 0.5) is 5.69 Å². The highest BCUT2D eigenvalue weighted by molar-refractivity contribution is 5.94. The fourth-order valence-corrected chi connectivity index (χ4v) is 4.41. The lowest BCUT2D eigenvalue weighted by Crippen LogP contribution is -2.41. The normalized spacial score (nSPS) is 18.6. The first-order valence-corrected chi connectivity index (χ1v) is 11.1. The SMILES string of the molecule is CCN(c1cc(-c2ccc(OCCOC)cc2)cc(C(=O)O)c1C)C1CCC(N)CC1. The number of aromatic carboxylic acids is 1. The van der Waals surface area contributed by atoms with Gasteiger partial charge in [-0.25, -0.2) is 4.79 Å². The number of hydrogen-bond acceptors (Lipinski definition) is 5. The van der Waals surface area contributed by atoms with E-state index in [-0.39, 0.29) is 6.04 Å². The van der Waals surface area contributed by atoms with Crippen molar-refractivity contribution in [2.24, 2.45) is 5.73 Å². The standard InChI is InChI=1S/C25H34N2O4/c1-4-27(21-9-7-20(26)8-10-21)24-16-19(15-23(17(24)2)25(28)29)18-5-11-22(12-6-18)31-14-13-30-3/h5-6,11-12,15-16,20-21H,4,7-10,13-14,26H2,1-3H3,(H,28,29). The van der Waals surface area contributed by atoms with E-state index in [4.69, 9.17) is 15.2 Å². The maximum absolute atomic E-state index is 12.0. The summed E-state index contributed by atoms with van der Waals surface area (Å²) < 4.78 is 10.7. The summed E-state index contributed by atoms with van der Waals surface area (Å²) in [4.78, 5) is 14.4. The van der Waals surface area contributed by atoms with Crippen LogP contribution in [0, 0.1) is 6.92 Å². The Bertz CT molecular complexity index is 874. The molecule has 0 spiro atoms. The van der Waals surface area contributed by atoms with Crippen LogP contribution in [-0.4, -0.2) is 50.0 Å². The van der Waals surface area contributed by atoms with Gasteiger partial charge in [-0.2, -0.15) is 0 Å². The Morgan fingerprint density at radius 3 is 2.35 bits per heavy atom. The summed E-state index contributed by atoms with van der Waals surface area (Å²) in [6.07, 6.45) is 4.09. The van der Waals surface area contributed by atoms with Crippen LogP contribution in [0.15, 0.2) is 36.4 Å². The van der Waals surface area contributed by atoms with E-state index in [0.29, 0.717) is 24.8 Å². The summed E-state index contributed by atoms with van der Waals surface area (Å²) in [6.45, 7) is 5.89. The minimum atomic E-state index is -0.901. The van der Waals surface area contributed by atoms with Crippen LogP contribution in [0.2, 0.25) is 0 Å². The van der Waals surface area contributed by atoms with E-state index >= 15 is 0 Å². The van der Waals surface area contributed by atoms with Gasteiger partial charge in [0, 0.05) is 31.4 Å². The molecule has 0 amide bonds. The Labute approximate surface area is 185 Å². The zero-order valence-corrected chi connectivity index (χ0v) is 18.8. The first-order chi connectivity index (χ1) is 14.9. The molecule has 2 aromatic rings. The molecule has 2 aromatic carbocycles. The number of hydrogen-bond donors (Lipinski definition) is 2.